The molecule has 0 bridgehead atoms. The second-order valence-electron chi connectivity index (χ2n) is 1.94. The van der Waals surface area contributed by atoms with E-state index in [0.717, 1.165) is 0 Å². The van der Waals surface area contributed by atoms with Gasteiger partial charge in [0.05, 0.1) is 12.7 Å². The van der Waals surface area contributed by atoms with Crippen molar-refractivity contribution in [2.45, 2.75) is 13.0 Å². The number of rotatable bonds is 3. The SMILES string of the molecule is Nc1cnn(CCCO)n1. The van der Waals surface area contributed by atoms with Gasteiger partial charge in [-0.25, -0.2) is 0 Å². The van der Waals surface area contributed by atoms with Crippen LogP contribution in [-0.2, 0) is 6.54 Å². The standard InChI is InChI=1S/C5H10N4O/c6-5-4-7-9(8-5)2-1-3-10/h4,10H,1-3H2,(H2,6,8). The summed E-state index contributed by atoms with van der Waals surface area (Å²) in [5.41, 5.74) is 5.29. The molecule has 0 saturated heterocycles. The molecule has 1 aromatic heterocycles. The average Bonchev–Trinajstić information content (AvgIpc) is 2.31. The van der Waals surface area contributed by atoms with Gasteiger partial charge in [0.2, 0.25) is 0 Å². The molecule has 0 amide bonds. The number of aromatic nitrogens is 3. The van der Waals surface area contributed by atoms with E-state index < -0.39 is 0 Å². The van der Waals surface area contributed by atoms with E-state index in [-0.39, 0.29) is 6.61 Å². The van der Waals surface area contributed by atoms with Crippen molar-refractivity contribution >= 4 is 5.82 Å². The Labute approximate surface area is 58.5 Å². The predicted molar refractivity (Wildman–Crippen MR) is 36.1 cm³/mol. The fraction of sp³-hybridized carbons (Fsp3) is 0.600. The van der Waals surface area contributed by atoms with E-state index in [1.807, 2.05) is 0 Å². The molecule has 5 heteroatoms. The Morgan fingerprint density at radius 2 is 2.50 bits per heavy atom. The molecule has 56 valence electrons. The molecular weight excluding hydrogens is 132 g/mol. The lowest BCUT2D eigenvalue weighted by atomic mass is 10.5. The third kappa shape index (κ3) is 1.70. The first kappa shape index (κ1) is 7.01. The fourth-order valence-corrected chi connectivity index (χ4v) is 0.631. The highest BCUT2D eigenvalue weighted by atomic mass is 16.3. The lowest BCUT2D eigenvalue weighted by Crippen LogP contribution is -2.04. The Hall–Kier alpha value is -1.10. The quantitative estimate of drug-likeness (QED) is 0.581. The van der Waals surface area contributed by atoms with Gasteiger partial charge in [-0.2, -0.15) is 9.90 Å². The number of anilines is 1. The van der Waals surface area contributed by atoms with E-state index in [2.05, 4.69) is 10.2 Å². The molecule has 0 radical (unpaired) electrons. The minimum atomic E-state index is 0.154. The molecule has 1 rings (SSSR count). The number of aryl methyl sites for hydroxylation is 1. The lowest BCUT2D eigenvalue weighted by molar-refractivity contribution is 0.273. The van der Waals surface area contributed by atoms with Gasteiger partial charge >= 0.3 is 0 Å². The van der Waals surface area contributed by atoms with Crippen molar-refractivity contribution in [3.8, 4) is 0 Å². The largest absolute Gasteiger partial charge is 0.396 e. The minimum Gasteiger partial charge on any atom is -0.396 e. The smallest absolute Gasteiger partial charge is 0.165 e. The Balaban J connectivity index is 2.42. The summed E-state index contributed by atoms with van der Waals surface area (Å²) in [5, 5.41) is 16.1. The number of aliphatic hydroxyl groups excluding tert-OH is 1. The highest BCUT2D eigenvalue weighted by Gasteiger charge is 1.93. The molecule has 1 heterocycles. The van der Waals surface area contributed by atoms with Crippen LogP contribution in [0.4, 0.5) is 5.82 Å². The van der Waals surface area contributed by atoms with E-state index in [9.17, 15) is 0 Å². The summed E-state index contributed by atoms with van der Waals surface area (Å²) < 4.78 is 0. The highest BCUT2D eigenvalue weighted by molar-refractivity contribution is 5.19. The summed E-state index contributed by atoms with van der Waals surface area (Å²) >= 11 is 0. The Bertz CT molecular complexity index is 197. The summed E-state index contributed by atoms with van der Waals surface area (Å²) in [6.45, 7) is 0.773. The third-order valence-corrected chi connectivity index (χ3v) is 1.07. The molecule has 0 fully saturated rings. The highest BCUT2D eigenvalue weighted by Crippen LogP contribution is 1.91. The van der Waals surface area contributed by atoms with E-state index >= 15 is 0 Å². The molecule has 3 N–H and O–H groups in total. The van der Waals surface area contributed by atoms with Crippen molar-refractivity contribution in [2.24, 2.45) is 0 Å². The van der Waals surface area contributed by atoms with Gasteiger partial charge < -0.3 is 10.8 Å². The molecule has 1 aromatic rings. The molecule has 0 aromatic carbocycles. The van der Waals surface area contributed by atoms with Crippen LogP contribution in [0.1, 0.15) is 6.42 Å². The summed E-state index contributed by atoms with van der Waals surface area (Å²) in [5.74, 6) is 0.415. The number of nitrogens with two attached hydrogens (primary N) is 1. The van der Waals surface area contributed by atoms with Gasteiger partial charge in [-0.05, 0) is 6.42 Å². The van der Waals surface area contributed by atoms with Crippen molar-refractivity contribution in [3.63, 3.8) is 0 Å². The second-order valence-corrected chi connectivity index (χ2v) is 1.94. The Morgan fingerprint density at radius 3 is 3.00 bits per heavy atom. The van der Waals surface area contributed by atoms with Gasteiger partial charge in [0, 0.05) is 6.61 Å². The topological polar surface area (TPSA) is 77.0 Å². The zero-order chi connectivity index (χ0) is 7.40. The maximum Gasteiger partial charge on any atom is 0.165 e. The number of nitrogens with zero attached hydrogens (tertiary/aromatic N) is 3. The fourth-order valence-electron chi connectivity index (χ4n) is 0.631. The maximum atomic E-state index is 8.43. The van der Waals surface area contributed by atoms with Crippen molar-refractivity contribution < 1.29 is 5.11 Å². The van der Waals surface area contributed by atoms with Crippen molar-refractivity contribution in [2.75, 3.05) is 12.3 Å². The Kier molecular flexibility index (Phi) is 2.22. The summed E-state index contributed by atoms with van der Waals surface area (Å²) in [7, 11) is 0. The van der Waals surface area contributed by atoms with Crippen LogP contribution in [0, 0.1) is 0 Å². The van der Waals surface area contributed by atoms with Crippen LogP contribution in [0.3, 0.4) is 0 Å². The van der Waals surface area contributed by atoms with Gasteiger partial charge in [0.15, 0.2) is 5.82 Å². The van der Waals surface area contributed by atoms with E-state index in [1.165, 1.54) is 11.0 Å². The van der Waals surface area contributed by atoms with Gasteiger partial charge in [-0.3, -0.25) is 0 Å². The minimum absolute atomic E-state index is 0.154. The van der Waals surface area contributed by atoms with Gasteiger partial charge in [-0.1, -0.05) is 0 Å². The third-order valence-electron chi connectivity index (χ3n) is 1.07. The molecule has 0 saturated carbocycles. The molecule has 0 atom stereocenters. The van der Waals surface area contributed by atoms with Crippen LogP contribution in [0.25, 0.3) is 0 Å². The first-order valence-corrected chi connectivity index (χ1v) is 3.09. The first-order chi connectivity index (χ1) is 4.83. The van der Waals surface area contributed by atoms with Crippen LogP contribution < -0.4 is 5.73 Å². The zero-order valence-electron chi connectivity index (χ0n) is 5.56. The van der Waals surface area contributed by atoms with Crippen LogP contribution >= 0.6 is 0 Å². The monoisotopic (exact) mass is 142 g/mol. The summed E-state index contributed by atoms with van der Waals surface area (Å²) in [4.78, 5) is 1.46. The van der Waals surface area contributed by atoms with E-state index in [4.69, 9.17) is 10.8 Å². The molecule has 10 heavy (non-hydrogen) atoms. The number of hydrogen-bond donors (Lipinski definition) is 2. The lowest BCUT2D eigenvalue weighted by Gasteiger charge is -1.93. The van der Waals surface area contributed by atoms with Crippen molar-refractivity contribution in [1.82, 2.24) is 15.0 Å². The van der Waals surface area contributed by atoms with Gasteiger partial charge in [0.1, 0.15) is 0 Å². The number of aliphatic hydroxyl groups is 1. The normalized spacial score (nSPS) is 10.1. The molecule has 0 spiro atoms. The molecule has 5 nitrogen and oxygen atoms in total. The van der Waals surface area contributed by atoms with Crippen molar-refractivity contribution in [1.29, 1.82) is 0 Å². The van der Waals surface area contributed by atoms with Crippen LogP contribution in [0.15, 0.2) is 6.20 Å². The first-order valence-electron chi connectivity index (χ1n) is 3.09. The molecule has 0 aliphatic rings. The van der Waals surface area contributed by atoms with Crippen LogP contribution in [0.2, 0.25) is 0 Å². The van der Waals surface area contributed by atoms with Crippen molar-refractivity contribution in [3.05, 3.63) is 6.20 Å². The second kappa shape index (κ2) is 3.17. The number of nitrogen functional groups attached to an aromatic ring is 1. The summed E-state index contributed by atoms with van der Waals surface area (Å²) in [6, 6.07) is 0. The molecule has 0 aliphatic heterocycles. The van der Waals surface area contributed by atoms with Gasteiger partial charge in [-0.15, -0.1) is 5.10 Å². The molecule has 0 aliphatic carbocycles. The molecule has 0 unspecified atom stereocenters. The van der Waals surface area contributed by atoms with Gasteiger partial charge in [0.25, 0.3) is 0 Å². The van der Waals surface area contributed by atoms with Crippen LogP contribution in [-0.4, -0.2) is 26.7 Å². The summed E-state index contributed by atoms with van der Waals surface area (Å²) in [6.07, 6.45) is 2.14. The van der Waals surface area contributed by atoms with E-state index in [1.54, 1.807) is 0 Å². The average molecular weight is 142 g/mol. The number of hydrogen-bond acceptors (Lipinski definition) is 4. The molecular formula is C5H10N4O. The van der Waals surface area contributed by atoms with E-state index in [0.29, 0.717) is 18.8 Å². The Morgan fingerprint density at radius 1 is 1.70 bits per heavy atom. The van der Waals surface area contributed by atoms with Crippen LogP contribution in [0.5, 0.6) is 0 Å². The maximum absolute atomic E-state index is 8.43. The zero-order valence-corrected chi connectivity index (χ0v) is 5.56. The predicted octanol–water partition coefficient (Wildman–Crippen LogP) is -0.757.